The largest absolute Gasteiger partial charge is 0.481 e. The van der Waals surface area contributed by atoms with E-state index in [-0.39, 0.29) is 12.0 Å². The highest BCUT2D eigenvalue weighted by Crippen LogP contribution is 2.38. The molecule has 2 atom stereocenters. The Bertz CT molecular complexity index is 1380. The maximum absolute atomic E-state index is 14.9. The molecule has 1 fully saturated rings. The summed E-state index contributed by atoms with van der Waals surface area (Å²) in [4.78, 5) is 23.1. The van der Waals surface area contributed by atoms with Gasteiger partial charge in [0.15, 0.2) is 5.65 Å². The van der Waals surface area contributed by atoms with Gasteiger partial charge in [0.25, 0.3) is 0 Å². The number of aromatic nitrogens is 5. The molecule has 1 aliphatic rings. The van der Waals surface area contributed by atoms with Gasteiger partial charge >= 0.3 is 0 Å². The number of benzene rings is 1. The van der Waals surface area contributed by atoms with E-state index in [4.69, 9.17) is 31.0 Å². The van der Waals surface area contributed by atoms with E-state index in [9.17, 15) is 4.39 Å². The van der Waals surface area contributed by atoms with Crippen LogP contribution in [0.4, 0.5) is 4.39 Å². The van der Waals surface area contributed by atoms with Crippen molar-refractivity contribution < 1.29 is 13.9 Å². The fourth-order valence-electron chi connectivity index (χ4n) is 4.18. The number of fused-ring (bicyclic) bond motifs is 1. The molecule has 0 amide bonds. The summed E-state index contributed by atoms with van der Waals surface area (Å²) >= 11 is 5.99. The summed E-state index contributed by atoms with van der Waals surface area (Å²) in [6.07, 6.45) is 2.96. The van der Waals surface area contributed by atoms with E-state index >= 15 is 0 Å². The molecule has 4 heterocycles. The molecular formula is C25H23ClFN5O2. The van der Waals surface area contributed by atoms with Crippen molar-refractivity contribution in [2.45, 2.75) is 38.7 Å². The van der Waals surface area contributed by atoms with Crippen LogP contribution < -0.4 is 4.74 Å². The molecule has 174 valence electrons. The van der Waals surface area contributed by atoms with Crippen molar-refractivity contribution in [3.8, 4) is 17.1 Å². The number of hydrogen-bond donors (Lipinski definition) is 0. The van der Waals surface area contributed by atoms with Gasteiger partial charge in [0, 0.05) is 35.4 Å². The van der Waals surface area contributed by atoms with Gasteiger partial charge in [0.05, 0.1) is 24.6 Å². The van der Waals surface area contributed by atoms with Gasteiger partial charge in [-0.25, -0.2) is 29.3 Å². The number of ether oxygens (including phenoxy) is 2. The third-order valence-electron chi connectivity index (χ3n) is 6.13. The SMILES string of the molecule is COc1cc([C@H]2C[C@H](c3nc(-c4ccc(Cl)cc4F)c4nc(C)c(C)nc4n3)CCO2)ccn1. The van der Waals surface area contributed by atoms with Crippen LogP contribution in [-0.4, -0.2) is 38.6 Å². The molecule has 1 aliphatic heterocycles. The molecule has 1 saturated heterocycles. The fraction of sp³-hybridized carbons (Fsp3) is 0.320. The molecule has 9 heteroatoms. The lowest BCUT2D eigenvalue weighted by atomic mass is 9.91. The molecule has 34 heavy (non-hydrogen) atoms. The molecule has 0 saturated carbocycles. The van der Waals surface area contributed by atoms with Crippen molar-refractivity contribution in [3.63, 3.8) is 0 Å². The first-order valence-corrected chi connectivity index (χ1v) is 11.4. The zero-order valence-corrected chi connectivity index (χ0v) is 19.8. The minimum Gasteiger partial charge on any atom is -0.481 e. The number of methoxy groups -OCH3 is 1. The molecule has 0 N–H and O–H groups in total. The second-order valence-electron chi connectivity index (χ2n) is 8.33. The third kappa shape index (κ3) is 4.31. The van der Waals surface area contributed by atoms with Crippen molar-refractivity contribution >= 4 is 22.8 Å². The zero-order valence-electron chi connectivity index (χ0n) is 19.0. The lowest BCUT2D eigenvalue weighted by Crippen LogP contribution is -2.21. The number of pyridine rings is 1. The highest BCUT2D eigenvalue weighted by atomic mass is 35.5. The average Bonchev–Trinajstić information content (AvgIpc) is 2.84. The van der Waals surface area contributed by atoms with Crippen LogP contribution in [0.15, 0.2) is 36.5 Å². The Hall–Kier alpha value is -3.23. The number of nitrogens with zero attached hydrogens (tertiary/aromatic N) is 5. The summed E-state index contributed by atoms with van der Waals surface area (Å²) in [6.45, 7) is 4.29. The monoisotopic (exact) mass is 479 g/mol. The van der Waals surface area contributed by atoms with Gasteiger partial charge in [-0.2, -0.15) is 0 Å². The van der Waals surface area contributed by atoms with Gasteiger partial charge in [0.1, 0.15) is 22.9 Å². The van der Waals surface area contributed by atoms with E-state index in [1.807, 2.05) is 26.0 Å². The highest BCUT2D eigenvalue weighted by molar-refractivity contribution is 6.30. The molecule has 0 spiro atoms. The summed E-state index contributed by atoms with van der Waals surface area (Å²) in [5.74, 6) is 0.669. The minimum absolute atomic E-state index is 0.000157. The quantitative estimate of drug-likeness (QED) is 0.380. The van der Waals surface area contributed by atoms with Crippen LogP contribution >= 0.6 is 11.6 Å². The van der Waals surface area contributed by atoms with Crippen molar-refractivity contribution in [3.05, 3.63) is 70.1 Å². The van der Waals surface area contributed by atoms with Gasteiger partial charge < -0.3 is 9.47 Å². The van der Waals surface area contributed by atoms with E-state index in [1.165, 1.54) is 6.07 Å². The summed E-state index contributed by atoms with van der Waals surface area (Å²) in [6, 6.07) is 8.34. The first-order chi connectivity index (χ1) is 16.4. The molecular weight excluding hydrogens is 457 g/mol. The van der Waals surface area contributed by atoms with Crippen LogP contribution in [0.5, 0.6) is 5.88 Å². The number of hydrogen-bond acceptors (Lipinski definition) is 7. The average molecular weight is 480 g/mol. The van der Waals surface area contributed by atoms with Crippen LogP contribution in [0.2, 0.25) is 5.02 Å². The number of aryl methyl sites for hydroxylation is 2. The van der Waals surface area contributed by atoms with E-state index < -0.39 is 5.82 Å². The Balaban J connectivity index is 1.60. The van der Waals surface area contributed by atoms with Gasteiger partial charge in [-0.3, -0.25) is 0 Å². The Morgan fingerprint density at radius 2 is 1.88 bits per heavy atom. The third-order valence-corrected chi connectivity index (χ3v) is 6.37. The lowest BCUT2D eigenvalue weighted by Gasteiger charge is -2.29. The van der Waals surface area contributed by atoms with E-state index in [0.29, 0.717) is 52.2 Å². The van der Waals surface area contributed by atoms with Crippen LogP contribution in [0.1, 0.15) is 47.6 Å². The lowest BCUT2D eigenvalue weighted by molar-refractivity contribution is 0.00385. The van der Waals surface area contributed by atoms with Crippen molar-refractivity contribution in [1.29, 1.82) is 0 Å². The van der Waals surface area contributed by atoms with Gasteiger partial charge in [-0.15, -0.1) is 0 Å². The topological polar surface area (TPSA) is 82.9 Å². The van der Waals surface area contributed by atoms with E-state index in [2.05, 4.69) is 15.0 Å². The molecule has 4 aromatic rings. The van der Waals surface area contributed by atoms with Crippen molar-refractivity contribution in [1.82, 2.24) is 24.9 Å². The highest BCUT2D eigenvalue weighted by Gasteiger charge is 2.29. The zero-order chi connectivity index (χ0) is 23.8. The van der Waals surface area contributed by atoms with E-state index in [1.54, 1.807) is 25.4 Å². The van der Waals surface area contributed by atoms with Crippen LogP contribution in [-0.2, 0) is 4.74 Å². The molecule has 7 nitrogen and oxygen atoms in total. The maximum Gasteiger partial charge on any atom is 0.213 e. The summed E-state index contributed by atoms with van der Waals surface area (Å²) in [5.41, 5.74) is 4.15. The number of rotatable bonds is 4. The van der Waals surface area contributed by atoms with Gasteiger partial charge in [-0.05, 0) is 56.5 Å². The fourth-order valence-corrected chi connectivity index (χ4v) is 4.34. The Morgan fingerprint density at radius 1 is 1.06 bits per heavy atom. The number of halogens is 2. The molecule has 3 aromatic heterocycles. The molecule has 0 bridgehead atoms. The standard InChI is InChI=1S/C25H23ClFN5O2/c1-13-14(2)30-25-23(29-13)22(18-5-4-17(26)12-19(18)27)31-24(32-25)16-7-9-34-20(10-16)15-6-8-28-21(11-15)33-3/h4-6,8,11-12,16,20H,7,9-10H2,1-3H3/t16-,20-/m1/s1. The molecule has 5 rings (SSSR count). The van der Waals surface area contributed by atoms with Gasteiger partial charge in [-0.1, -0.05) is 11.6 Å². The molecule has 0 unspecified atom stereocenters. The molecule has 0 aliphatic carbocycles. The van der Waals surface area contributed by atoms with Crippen molar-refractivity contribution in [2.75, 3.05) is 13.7 Å². The van der Waals surface area contributed by atoms with Crippen LogP contribution in [0.3, 0.4) is 0 Å². The second-order valence-corrected chi connectivity index (χ2v) is 8.77. The Kier molecular flexibility index (Phi) is 6.10. The first-order valence-electron chi connectivity index (χ1n) is 11.0. The predicted octanol–water partition coefficient (Wildman–Crippen LogP) is 5.54. The minimum atomic E-state index is -0.466. The summed E-state index contributed by atoms with van der Waals surface area (Å²) < 4.78 is 26.2. The predicted molar refractivity (Wildman–Crippen MR) is 126 cm³/mol. The molecule has 1 aromatic carbocycles. The van der Waals surface area contributed by atoms with Crippen LogP contribution in [0.25, 0.3) is 22.4 Å². The summed E-state index contributed by atoms with van der Waals surface area (Å²) in [5, 5.41) is 0.318. The smallest absolute Gasteiger partial charge is 0.213 e. The normalized spacial score (nSPS) is 18.3. The summed E-state index contributed by atoms with van der Waals surface area (Å²) in [7, 11) is 1.59. The van der Waals surface area contributed by atoms with Gasteiger partial charge in [0.2, 0.25) is 5.88 Å². The maximum atomic E-state index is 14.9. The van der Waals surface area contributed by atoms with Crippen molar-refractivity contribution in [2.24, 2.45) is 0 Å². The van der Waals surface area contributed by atoms with Crippen LogP contribution in [0, 0.1) is 19.7 Å². The van der Waals surface area contributed by atoms with E-state index in [0.717, 1.165) is 23.4 Å². The second kappa shape index (κ2) is 9.19. The Morgan fingerprint density at radius 3 is 2.68 bits per heavy atom. The first kappa shape index (κ1) is 22.6. The molecule has 0 radical (unpaired) electrons. The Labute approximate surface area is 201 Å².